The predicted octanol–water partition coefficient (Wildman–Crippen LogP) is 3.85. The molecule has 0 heterocycles. The molecular weight excluding hydrogens is 456 g/mol. The highest BCUT2D eigenvalue weighted by molar-refractivity contribution is 7.89. The lowest BCUT2D eigenvalue weighted by molar-refractivity contribution is -0.116. The van der Waals surface area contributed by atoms with Gasteiger partial charge in [-0.3, -0.25) is 4.79 Å². The number of methoxy groups -OCH3 is 3. The highest BCUT2D eigenvalue weighted by atomic mass is 32.2. The van der Waals surface area contributed by atoms with Gasteiger partial charge in [0.15, 0.2) is 11.5 Å². The third-order valence-electron chi connectivity index (χ3n) is 5.13. The maximum absolute atomic E-state index is 13.7. The molecule has 0 fully saturated rings. The number of hydrogen-bond acceptors (Lipinski definition) is 6. The number of rotatable bonds is 10. The summed E-state index contributed by atoms with van der Waals surface area (Å²) < 4.78 is 44.3. The Morgan fingerprint density at radius 3 is 2.15 bits per heavy atom. The van der Waals surface area contributed by atoms with Crippen molar-refractivity contribution < 1.29 is 27.4 Å². The lowest BCUT2D eigenvalue weighted by atomic mass is 10.2. The van der Waals surface area contributed by atoms with Crippen LogP contribution in [0.5, 0.6) is 17.2 Å². The molecule has 0 aromatic heterocycles. The Kier molecular flexibility index (Phi) is 8.14. The topological polar surface area (TPSA) is 94.2 Å². The van der Waals surface area contributed by atoms with Gasteiger partial charge in [0.2, 0.25) is 15.9 Å². The summed E-state index contributed by atoms with van der Waals surface area (Å²) in [6.07, 6.45) is 0. The molecule has 0 saturated carbocycles. The Balaban J connectivity index is 1.92. The standard InChI is InChI=1S/C25H28N2O6S/c1-18-10-12-22(32-3)24(14-18)34(29,30)27(16-19-8-6-5-7-9-19)17-25(28)26-20-11-13-21(31-2)23(15-20)33-4/h5-15H,16-17H2,1-4H3,(H,26,28). The second-order valence-electron chi connectivity index (χ2n) is 7.53. The lowest BCUT2D eigenvalue weighted by Crippen LogP contribution is -2.37. The molecule has 8 nitrogen and oxygen atoms in total. The van der Waals surface area contributed by atoms with E-state index in [9.17, 15) is 13.2 Å². The number of amides is 1. The Morgan fingerprint density at radius 2 is 1.50 bits per heavy atom. The average Bonchev–Trinajstić information content (AvgIpc) is 2.84. The first-order valence-corrected chi connectivity index (χ1v) is 11.9. The summed E-state index contributed by atoms with van der Waals surface area (Å²) in [5, 5.41) is 2.74. The molecule has 34 heavy (non-hydrogen) atoms. The summed E-state index contributed by atoms with van der Waals surface area (Å²) in [7, 11) is 0.348. The zero-order chi connectivity index (χ0) is 24.7. The van der Waals surface area contributed by atoms with Crippen LogP contribution in [0.15, 0.2) is 71.6 Å². The SMILES string of the molecule is COc1ccc(NC(=O)CN(Cc2ccccc2)S(=O)(=O)c2cc(C)ccc2OC)cc1OC. The summed E-state index contributed by atoms with van der Waals surface area (Å²) in [4.78, 5) is 13.0. The van der Waals surface area contributed by atoms with Crippen LogP contribution in [0.4, 0.5) is 5.69 Å². The summed E-state index contributed by atoms with van der Waals surface area (Å²) in [5.74, 6) is 0.668. The van der Waals surface area contributed by atoms with Crippen molar-refractivity contribution in [1.82, 2.24) is 4.31 Å². The van der Waals surface area contributed by atoms with E-state index in [1.165, 1.54) is 21.3 Å². The van der Waals surface area contributed by atoms with Crippen LogP contribution in [-0.2, 0) is 21.4 Å². The molecule has 0 saturated heterocycles. The number of aryl methyl sites for hydroxylation is 1. The van der Waals surface area contributed by atoms with Gasteiger partial charge in [-0.1, -0.05) is 36.4 Å². The van der Waals surface area contributed by atoms with E-state index in [0.717, 1.165) is 15.4 Å². The van der Waals surface area contributed by atoms with Crippen molar-refractivity contribution in [3.05, 3.63) is 77.9 Å². The van der Waals surface area contributed by atoms with Gasteiger partial charge in [0.1, 0.15) is 10.6 Å². The van der Waals surface area contributed by atoms with Crippen molar-refractivity contribution in [3.63, 3.8) is 0 Å². The molecule has 0 spiro atoms. The number of nitrogens with one attached hydrogen (secondary N) is 1. The van der Waals surface area contributed by atoms with Crippen LogP contribution in [0, 0.1) is 6.92 Å². The highest BCUT2D eigenvalue weighted by Crippen LogP contribution is 2.31. The number of carbonyl (C=O) groups is 1. The number of nitrogens with zero attached hydrogens (tertiary/aromatic N) is 1. The Morgan fingerprint density at radius 1 is 0.853 bits per heavy atom. The van der Waals surface area contributed by atoms with E-state index in [0.29, 0.717) is 17.2 Å². The largest absolute Gasteiger partial charge is 0.495 e. The van der Waals surface area contributed by atoms with E-state index >= 15 is 0 Å². The number of benzene rings is 3. The summed E-state index contributed by atoms with van der Waals surface area (Å²) >= 11 is 0. The van der Waals surface area contributed by atoms with Crippen LogP contribution in [0.1, 0.15) is 11.1 Å². The molecule has 0 radical (unpaired) electrons. The zero-order valence-electron chi connectivity index (χ0n) is 19.6. The molecule has 9 heteroatoms. The zero-order valence-corrected chi connectivity index (χ0v) is 20.4. The van der Waals surface area contributed by atoms with Gasteiger partial charge < -0.3 is 19.5 Å². The Hall–Kier alpha value is -3.56. The lowest BCUT2D eigenvalue weighted by Gasteiger charge is -2.23. The smallest absolute Gasteiger partial charge is 0.247 e. The molecule has 0 aliphatic heterocycles. The van der Waals surface area contributed by atoms with E-state index in [1.54, 1.807) is 43.3 Å². The number of ether oxygens (including phenoxy) is 3. The van der Waals surface area contributed by atoms with E-state index in [4.69, 9.17) is 14.2 Å². The fourth-order valence-electron chi connectivity index (χ4n) is 3.41. The fourth-order valence-corrected chi connectivity index (χ4v) is 5.04. The van der Waals surface area contributed by atoms with Gasteiger partial charge in [-0.15, -0.1) is 0 Å². The second kappa shape index (κ2) is 11.0. The molecule has 0 aliphatic rings. The number of hydrogen-bond donors (Lipinski definition) is 1. The Labute approximate surface area is 200 Å². The number of anilines is 1. The molecule has 180 valence electrons. The van der Waals surface area contributed by atoms with Gasteiger partial charge >= 0.3 is 0 Å². The molecule has 0 atom stereocenters. The third kappa shape index (κ3) is 5.86. The summed E-state index contributed by atoms with van der Waals surface area (Å²) in [6, 6.07) is 18.9. The van der Waals surface area contributed by atoms with Crippen molar-refractivity contribution >= 4 is 21.6 Å². The van der Waals surface area contributed by atoms with Crippen LogP contribution < -0.4 is 19.5 Å². The maximum Gasteiger partial charge on any atom is 0.247 e. The predicted molar refractivity (Wildman–Crippen MR) is 130 cm³/mol. The van der Waals surface area contributed by atoms with Gasteiger partial charge in [0.25, 0.3) is 0 Å². The van der Waals surface area contributed by atoms with Gasteiger partial charge in [-0.2, -0.15) is 4.31 Å². The van der Waals surface area contributed by atoms with E-state index in [2.05, 4.69) is 5.32 Å². The van der Waals surface area contributed by atoms with Gasteiger partial charge in [0, 0.05) is 18.3 Å². The molecule has 1 N–H and O–H groups in total. The van der Waals surface area contributed by atoms with Crippen LogP contribution in [-0.4, -0.2) is 46.5 Å². The van der Waals surface area contributed by atoms with Crippen LogP contribution in [0.3, 0.4) is 0 Å². The molecule has 1 amide bonds. The van der Waals surface area contributed by atoms with Gasteiger partial charge in [-0.05, 0) is 42.3 Å². The maximum atomic E-state index is 13.7. The minimum Gasteiger partial charge on any atom is -0.495 e. The van der Waals surface area contributed by atoms with Crippen molar-refractivity contribution in [2.75, 3.05) is 33.2 Å². The van der Waals surface area contributed by atoms with Gasteiger partial charge in [-0.25, -0.2) is 8.42 Å². The highest BCUT2D eigenvalue weighted by Gasteiger charge is 2.30. The third-order valence-corrected chi connectivity index (χ3v) is 6.94. The van der Waals surface area contributed by atoms with E-state index in [-0.39, 0.29) is 17.2 Å². The molecular formula is C25H28N2O6S. The van der Waals surface area contributed by atoms with Crippen molar-refractivity contribution in [2.45, 2.75) is 18.4 Å². The van der Waals surface area contributed by atoms with Gasteiger partial charge in [0.05, 0.1) is 27.9 Å². The average molecular weight is 485 g/mol. The van der Waals surface area contributed by atoms with Crippen LogP contribution in [0.25, 0.3) is 0 Å². The van der Waals surface area contributed by atoms with Crippen LogP contribution >= 0.6 is 0 Å². The van der Waals surface area contributed by atoms with Crippen molar-refractivity contribution in [3.8, 4) is 17.2 Å². The van der Waals surface area contributed by atoms with E-state index < -0.39 is 22.5 Å². The Bertz CT molecular complexity index is 1250. The molecule has 0 unspecified atom stereocenters. The monoisotopic (exact) mass is 484 g/mol. The second-order valence-corrected chi connectivity index (χ2v) is 9.44. The summed E-state index contributed by atoms with van der Waals surface area (Å²) in [6.45, 7) is 1.41. The molecule has 0 bridgehead atoms. The number of sulfonamides is 1. The first-order valence-electron chi connectivity index (χ1n) is 10.5. The normalized spacial score (nSPS) is 11.2. The molecule has 3 aromatic carbocycles. The van der Waals surface area contributed by atoms with Crippen LogP contribution in [0.2, 0.25) is 0 Å². The molecule has 3 rings (SSSR count). The minimum atomic E-state index is -4.07. The summed E-state index contributed by atoms with van der Waals surface area (Å²) in [5.41, 5.74) is 1.96. The number of carbonyl (C=O) groups excluding carboxylic acids is 1. The molecule has 0 aliphatic carbocycles. The quantitative estimate of drug-likeness (QED) is 0.470. The first-order chi connectivity index (χ1) is 16.3. The van der Waals surface area contributed by atoms with Crippen molar-refractivity contribution in [2.24, 2.45) is 0 Å². The molecule has 3 aromatic rings. The fraction of sp³-hybridized carbons (Fsp3) is 0.240. The van der Waals surface area contributed by atoms with E-state index in [1.807, 2.05) is 30.3 Å². The first kappa shape index (κ1) is 25.1. The van der Waals surface area contributed by atoms with Crippen molar-refractivity contribution in [1.29, 1.82) is 0 Å². The minimum absolute atomic E-state index is 0.00449.